The summed E-state index contributed by atoms with van der Waals surface area (Å²) in [6.07, 6.45) is 2.70. The third kappa shape index (κ3) is 2.29. The number of aromatic nitrogens is 1. The van der Waals surface area contributed by atoms with Crippen molar-refractivity contribution in [3.05, 3.63) is 29.6 Å². The molecule has 5 heteroatoms. The van der Waals surface area contributed by atoms with Crippen molar-refractivity contribution >= 4 is 16.9 Å². The molecule has 1 aliphatic rings. The summed E-state index contributed by atoms with van der Waals surface area (Å²) in [6.45, 7) is 2.11. The Morgan fingerprint density at radius 2 is 2.25 bits per heavy atom. The molecule has 0 saturated carbocycles. The van der Waals surface area contributed by atoms with Gasteiger partial charge in [-0.15, -0.1) is 0 Å². The van der Waals surface area contributed by atoms with Crippen molar-refractivity contribution in [1.82, 2.24) is 4.90 Å². The highest BCUT2D eigenvalue weighted by atomic mass is 32.2. The molecule has 0 aromatic carbocycles. The van der Waals surface area contributed by atoms with Gasteiger partial charge in [-0.25, -0.2) is 0 Å². The molecule has 0 spiro atoms. The van der Waals surface area contributed by atoms with Gasteiger partial charge >= 0.3 is 5.17 Å². The molecule has 0 fully saturated rings. The van der Waals surface area contributed by atoms with Crippen molar-refractivity contribution in [2.75, 3.05) is 27.2 Å². The standard InChI is InChI=1S/C11H16N3OS/c1-12-7-5-8-13(2)11(12)16-10-6-3-4-9-14(10)15/h3-4,6,9H,5,7-8H2,1-2H3/q+1. The van der Waals surface area contributed by atoms with Crippen LogP contribution >= 0.6 is 11.8 Å². The first-order chi connectivity index (χ1) is 7.68. The maximum atomic E-state index is 11.6. The van der Waals surface area contributed by atoms with E-state index in [0.717, 1.165) is 28.0 Å². The van der Waals surface area contributed by atoms with Gasteiger partial charge in [-0.3, -0.25) is 9.48 Å². The highest BCUT2D eigenvalue weighted by Crippen LogP contribution is 2.18. The van der Waals surface area contributed by atoms with Crippen LogP contribution in [0.15, 0.2) is 29.4 Å². The Morgan fingerprint density at radius 3 is 2.94 bits per heavy atom. The van der Waals surface area contributed by atoms with Gasteiger partial charge in [0, 0.05) is 18.6 Å². The number of hydrogen-bond acceptors (Lipinski definition) is 3. The largest absolute Gasteiger partial charge is 0.618 e. The molecular weight excluding hydrogens is 222 g/mol. The number of thioether (sulfide) groups is 1. The second-order valence-electron chi connectivity index (χ2n) is 3.95. The maximum absolute atomic E-state index is 11.6. The fourth-order valence-electron chi connectivity index (χ4n) is 1.77. The molecule has 16 heavy (non-hydrogen) atoms. The molecule has 0 aliphatic carbocycles. The Hall–Kier alpha value is -1.23. The van der Waals surface area contributed by atoms with Gasteiger partial charge in [-0.05, 0) is 6.07 Å². The molecule has 1 aromatic heterocycles. The summed E-state index contributed by atoms with van der Waals surface area (Å²) in [5.41, 5.74) is 0. The number of amidine groups is 1. The Kier molecular flexibility index (Phi) is 3.33. The van der Waals surface area contributed by atoms with Crippen LogP contribution in [0.1, 0.15) is 6.42 Å². The summed E-state index contributed by atoms with van der Waals surface area (Å²) in [7, 11) is 4.13. The maximum Gasteiger partial charge on any atom is 0.318 e. The number of pyridine rings is 1. The van der Waals surface area contributed by atoms with E-state index in [9.17, 15) is 5.21 Å². The van der Waals surface area contributed by atoms with Crippen LogP contribution in [0.25, 0.3) is 0 Å². The number of hydrogen-bond donors (Lipinski definition) is 0. The average molecular weight is 238 g/mol. The molecule has 2 heterocycles. The highest BCUT2D eigenvalue weighted by molar-refractivity contribution is 8.13. The molecule has 1 aliphatic heterocycles. The van der Waals surface area contributed by atoms with E-state index in [-0.39, 0.29) is 0 Å². The van der Waals surface area contributed by atoms with Gasteiger partial charge < -0.3 is 5.21 Å². The van der Waals surface area contributed by atoms with Gasteiger partial charge in [0.2, 0.25) is 0 Å². The van der Waals surface area contributed by atoms with Crippen LogP contribution in [0.2, 0.25) is 0 Å². The molecule has 0 N–H and O–H groups in total. The molecule has 2 rings (SSSR count). The fraction of sp³-hybridized carbons (Fsp3) is 0.455. The first kappa shape index (κ1) is 11.3. The highest BCUT2D eigenvalue weighted by Gasteiger charge is 2.26. The Morgan fingerprint density at radius 1 is 1.44 bits per heavy atom. The smallest absolute Gasteiger partial charge is 0.318 e. The quantitative estimate of drug-likeness (QED) is 0.534. The normalized spacial score (nSPS) is 16.8. The summed E-state index contributed by atoms with van der Waals surface area (Å²) in [5.74, 6) is 0. The summed E-state index contributed by atoms with van der Waals surface area (Å²) in [4.78, 5) is 2.20. The van der Waals surface area contributed by atoms with Crippen LogP contribution in [0.4, 0.5) is 0 Å². The van der Waals surface area contributed by atoms with E-state index in [1.54, 1.807) is 6.07 Å². The SMILES string of the molecule is CN1CCC[N+](C)=C1Sc1cccc[n+]1[O-]. The van der Waals surface area contributed by atoms with Gasteiger partial charge in [0.15, 0.2) is 6.20 Å². The Balaban J connectivity index is 2.24. The molecule has 0 radical (unpaired) electrons. The number of nitrogens with zero attached hydrogens (tertiary/aromatic N) is 3. The molecule has 0 unspecified atom stereocenters. The number of rotatable bonds is 1. The molecule has 86 valence electrons. The van der Waals surface area contributed by atoms with Crippen molar-refractivity contribution in [2.45, 2.75) is 11.4 Å². The summed E-state index contributed by atoms with van der Waals surface area (Å²) in [5, 5.41) is 13.4. The van der Waals surface area contributed by atoms with E-state index in [1.165, 1.54) is 24.4 Å². The minimum Gasteiger partial charge on any atom is -0.618 e. The van der Waals surface area contributed by atoms with E-state index in [0.29, 0.717) is 0 Å². The third-order valence-corrected chi connectivity index (χ3v) is 3.96. The minimum absolute atomic E-state index is 0.720. The second kappa shape index (κ2) is 4.74. The van der Waals surface area contributed by atoms with Crippen molar-refractivity contribution < 1.29 is 9.31 Å². The third-order valence-electron chi connectivity index (χ3n) is 2.62. The molecular formula is C11H16N3OS+. The fourth-order valence-corrected chi connectivity index (χ4v) is 2.75. The summed E-state index contributed by atoms with van der Waals surface area (Å²) < 4.78 is 3.11. The lowest BCUT2D eigenvalue weighted by molar-refractivity contribution is -0.645. The molecule has 4 nitrogen and oxygen atoms in total. The van der Waals surface area contributed by atoms with Crippen LogP contribution in [0.5, 0.6) is 0 Å². The second-order valence-corrected chi connectivity index (χ2v) is 4.93. The van der Waals surface area contributed by atoms with Crippen molar-refractivity contribution in [1.29, 1.82) is 0 Å². The zero-order chi connectivity index (χ0) is 11.5. The molecule has 0 saturated heterocycles. The topological polar surface area (TPSA) is 33.2 Å². The lowest BCUT2D eigenvalue weighted by atomic mass is 10.3. The van der Waals surface area contributed by atoms with Crippen LogP contribution < -0.4 is 4.73 Å². The zero-order valence-corrected chi connectivity index (χ0v) is 10.4. The monoisotopic (exact) mass is 238 g/mol. The van der Waals surface area contributed by atoms with Gasteiger partial charge in [0.1, 0.15) is 0 Å². The minimum atomic E-state index is 0.720. The predicted molar refractivity (Wildman–Crippen MR) is 64.6 cm³/mol. The van der Waals surface area contributed by atoms with Gasteiger partial charge in [-0.1, -0.05) is 0 Å². The Labute approximate surface area is 99.8 Å². The lowest BCUT2D eigenvalue weighted by Gasteiger charge is -2.20. The first-order valence-electron chi connectivity index (χ1n) is 5.34. The van der Waals surface area contributed by atoms with Crippen LogP contribution in [-0.4, -0.2) is 41.8 Å². The van der Waals surface area contributed by atoms with E-state index < -0.39 is 0 Å². The van der Waals surface area contributed by atoms with E-state index in [1.807, 2.05) is 12.1 Å². The molecule has 0 bridgehead atoms. The molecule has 0 atom stereocenters. The summed E-state index contributed by atoms with van der Waals surface area (Å²) in [6, 6.07) is 5.48. The van der Waals surface area contributed by atoms with Crippen molar-refractivity contribution in [2.24, 2.45) is 0 Å². The lowest BCUT2D eigenvalue weighted by Crippen LogP contribution is -2.40. The first-order valence-corrected chi connectivity index (χ1v) is 6.15. The van der Waals surface area contributed by atoms with E-state index >= 15 is 0 Å². The predicted octanol–water partition coefficient (Wildman–Crippen LogP) is 0.746. The molecule has 1 aromatic rings. The zero-order valence-electron chi connectivity index (χ0n) is 9.59. The van der Waals surface area contributed by atoms with Crippen LogP contribution in [0.3, 0.4) is 0 Å². The molecule has 0 amide bonds. The van der Waals surface area contributed by atoms with Gasteiger partial charge in [-0.2, -0.15) is 4.73 Å². The van der Waals surface area contributed by atoms with Crippen molar-refractivity contribution in [3.8, 4) is 0 Å². The average Bonchev–Trinajstić information content (AvgIpc) is 2.26. The van der Waals surface area contributed by atoms with E-state index in [2.05, 4.69) is 23.6 Å². The van der Waals surface area contributed by atoms with Crippen LogP contribution in [0, 0.1) is 5.21 Å². The van der Waals surface area contributed by atoms with Gasteiger partial charge in [0.05, 0.1) is 38.9 Å². The van der Waals surface area contributed by atoms with E-state index in [4.69, 9.17) is 0 Å². The van der Waals surface area contributed by atoms with Crippen LogP contribution in [-0.2, 0) is 0 Å². The van der Waals surface area contributed by atoms with Gasteiger partial charge in [0.25, 0.3) is 5.03 Å². The Bertz CT molecular complexity index is 419. The van der Waals surface area contributed by atoms with Crippen molar-refractivity contribution in [3.63, 3.8) is 0 Å². The summed E-state index contributed by atoms with van der Waals surface area (Å²) >= 11 is 1.53.